The van der Waals surface area contributed by atoms with E-state index in [-0.39, 0.29) is 6.61 Å². The molecule has 0 aliphatic rings. The Kier molecular flexibility index (Phi) is 2.26. The molecule has 0 amide bonds. The van der Waals surface area contributed by atoms with Gasteiger partial charge in [-0.1, -0.05) is 0 Å². The summed E-state index contributed by atoms with van der Waals surface area (Å²) < 4.78 is 0. The smallest absolute Gasteiger partial charge is 0.115 e. The van der Waals surface area contributed by atoms with E-state index in [9.17, 15) is 0 Å². The van der Waals surface area contributed by atoms with Gasteiger partial charge in [-0.05, 0) is 6.92 Å². The summed E-state index contributed by atoms with van der Waals surface area (Å²) in [5.74, 6) is 0.738. The van der Waals surface area contributed by atoms with Crippen LogP contribution in [-0.4, -0.2) is 28.2 Å². The standard InChI is InChI=1S/C7H13N3O/c1-7(4-8,5-11)6-9-2-3-10-6/h2-3,11H,4-5,8H2,1H3,(H,9,10). The molecule has 0 saturated heterocycles. The van der Waals surface area contributed by atoms with Gasteiger partial charge < -0.3 is 15.8 Å². The van der Waals surface area contributed by atoms with Crippen LogP contribution in [0.1, 0.15) is 12.7 Å². The van der Waals surface area contributed by atoms with Gasteiger partial charge in [-0.15, -0.1) is 0 Å². The molecule has 4 heteroatoms. The number of aromatic nitrogens is 2. The summed E-state index contributed by atoms with van der Waals surface area (Å²) in [6.07, 6.45) is 3.37. The largest absolute Gasteiger partial charge is 0.395 e. The van der Waals surface area contributed by atoms with Gasteiger partial charge in [-0.2, -0.15) is 0 Å². The van der Waals surface area contributed by atoms with E-state index in [0.29, 0.717) is 6.54 Å². The monoisotopic (exact) mass is 155 g/mol. The van der Waals surface area contributed by atoms with Crippen LogP contribution in [0, 0.1) is 0 Å². The normalized spacial score (nSPS) is 16.3. The molecule has 0 fully saturated rings. The molecule has 1 aromatic rings. The molecule has 0 bridgehead atoms. The molecule has 0 spiro atoms. The number of H-pyrrole nitrogens is 1. The highest BCUT2D eigenvalue weighted by Crippen LogP contribution is 2.16. The summed E-state index contributed by atoms with van der Waals surface area (Å²) in [7, 11) is 0. The number of imidazole rings is 1. The Labute approximate surface area is 65.5 Å². The van der Waals surface area contributed by atoms with Crippen molar-refractivity contribution in [3.63, 3.8) is 0 Å². The molecule has 1 heterocycles. The van der Waals surface area contributed by atoms with Gasteiger partial charge in [0.2, 0.25) is 0 Å². The fraction of sp³-hybridized carbons (Fsp3) is 0.571. The average molecular weight is 155 g/mol. The van der Waals surface area contributed by atoms with Gasteiger partial charge in [0.05, 0.1) is 12.0 Å². The Bertz CT molecular complexity index is 203. The van der Waals surface area contributed by atoms with E-state index in [1.165, 1.54) is 0 Å². The molecule has 1 aromatic heterocycles. The van der Waals surface area contributed by atoms with Crippen molar-refractivity contribution in [3.05, 3.63) is 18.2 Å². The van der Waals surface area contributed by atoms with Gasteiger partial charge in [0.25, 0.3) is 0 Å². The number of aliphatic hydroxyl groups excluding tert-OH is 1. The highest BCUT2D eigenvalue weighted by Gasteiger charge is 2.26. The molecular formula is C7H13N3O. The van der Waals surface area contributed by atoms with Crippen molar-refractivity contribution in [2.75, 3.05) is 13.2 Å². The van der Waals surface area contributed by atoms with Crippen LogP contribution in [0.2, 0.25) is 0 Å². The number of nitrogens with two attached hydrogens (primary N) is 1. The Morgan fingerprint density at radius 1 is 1.82 bits per heavy atom. The maximum absolute atomic E-state index is 9.02. The summed E-state index contributed by atoms with van der Waals surface area (Å²) in [5, 5.41) is 9.02. The number of aliphatic hydroxyl groups is 1. The lowest BCUT2D eigenvalue weighted by atomic mass is 9.91. The molecular weight excluding hydrogens is 142 g/mol. The quantitative estimate of drug-likeness (QED) is 0.557. The lowest BCUT2D eigenvalue weighted by molar-refractivity contribution is 0.204. The summed E-state index contributed by atoms with van der Waals surface area (Å²) in [6.45, 7) is 2.26. The van der Waals surface area contributed by atoms with E-state index >= 15 is 0 Å². The van der Waals surface area contributed by atoms with Gasteiger partial charge >= 0.3 is 0 Å². The minimum Gasteiger partial charge on any atom is -0.395 e. The predicted octanol–water partition coefficient (Wildman–Crippen LogP) is -0.382. The Morgan fingerprint density at radius 2 is 2.55 bits per heavy atom. The third kappa shape index (κ3) is 1.41. The van der Waals surface area contributed by atoms with Crippen molar-refractivity contribution >= 4 is 0 Å². The molecule has 0 saturated carbocycles. The molecule has 1 atom stereocenters. The van der Waals surface area contributed by atoms with Crippen LogP contribution in [0.25, 0.3) is 0 Å². The first-order valence-electron chi connectivity index (χ1n) is 3.54. The lowest BCUT2D eigenvalue weighted by Crippen LogP contribution is -2.36. The second-order valence-corrected chi connectivity index (χ2v) is 2.86. The van der Waals surface area contributed by atoms with Crippen LogP contribution in [0.4, 0.5) is 0 Å². The summed E-state index contributed by atoms with van der Waals surface area (Å²) in [5.41, 5.74) is 5.06. The minimum atomic E-state index is -0.427. The third-order valence-corrected chi connectivity index (χ3v) is 1.87. The first-order valence-corrected chi connectivity index (χ1v) is 3.54. The summed E-state index contributed by atoms with van der Waals surface area (Å²) >= 11 is 0. The Balaban J connectivity index is 2.87. The van der Waals surface area contributed by atoms with Crippen LogP contribution in [-0.2, 0) is 5.41 Å². The van der Waals surface area contributed by atoms with Crippen LogP contribution >= 0.6 is 0 Å². The molecule has 62 valence electrons. The molecule has 1 rings (SSSR count). The molecule has 0 aliphatic heterocycles. The van der Waals surface area contributed by atoms with E-state index in [2.05, 4.69) is 9.97 Å². The second kappa shape index (κ2) is 3.02. The Hall–Kier alpha value is -0.870. The SMILES string of the molecule is CC(CN)(CO)c1ncc[nH]1. The Morgan fingerprint density at radius 3 is 2.91 bits per heavy atom. The van der Waals surface area contributed by atoms with Gasteiger partial charge in [0, 0.05) is 18.9 Å². The molecule has 0 aliphatic carbocycles. The number of hydrogen-bond donors (Lipinski definition) is 3. The molecule has 11 heavy (non-hydrogen) atoms. The molecule has 4 nitrogen and oxygen atoms in total. The van der Waals surface area contributed by atoms with Gasteiger partial charge in [-0.3, -0.25) is 0 Å². The van der Waals surface area contributed by atoms with Gasteiger partial charge in [0.15, 0.2) is 0 Å². The molecule has 0 radical (unpaired) electrons. The van der Waals surface area contributed by atoms with Gasteiger partial charge in [-0.25, -0.2) is 4.98 Å². The van der Waals surface area contributed by atoms with E-state index in [0.717, 1.165) is 5.82 Å². The maximum atomic E-state index is 9.02. The first kappa shape index (κ1) is 8.23. The first-order chi connectivity index (χ1) is 5.23. The second-order valence-electron chi connectivity index (χ2n) is 2.86. The van der Waals surface area contributed by atoms with Crippen LogP contribution in [0.3, 0.4) is 0 Å². The number of aromatic amines is 1. The van der Waals surface area contributed by atoms with E-state index in [4.69, 9.17) is 10.8 Å². The molecule has 0 aromatic carbocycles. The van der Waals surface area contributed by atoms with Gasteiger partial charge in [0.1, 0.15) is 5.82 Å². The number of hydrogen-bond acceptors (Lipinski definition) is 3. The maximum Gasteiger partial charge on any atom is 0.115 e. The highest BCUT2D eigenvalue weighted by molar-refractivity contribution is 5.06. The van der Waals surface area contributed by atoms with Crippen LogP contribution in [0.15, 0.2) is 12.4 Å². The zero-order valence-electron chi connectivity index (χ0n) is 6.54. The van der Waals surface area contributed by atoms with E-state index < -0.39 is 5.41 Å². The third-order valence-electron chi connectivity index (χ3n) is 1.87. The van der Waals surface area contributed by atoms with Crippen LogP contribution < -0.4 is 5.73 Å². The van der Waals surface area contributed by atoms with Crippen molar-refractivity contribution < 1.29 is 5.11 Å². The number of nitrogens with one attached hydrogen (secondary N) is 1. The predicted molar refractivity (Wildman–Crippen MR) is 42.1 cm³/mol. The van der Waals surface area contributed by atoms with Crippen molar-refractivity contribution in [3.8, 4) is 0 Å². The van der Waals surface area contributed by atoms with Crippen molar-refractivity contribution in [2.24, 2.45) is 5.73 Å². The zero-order chi connectivity index (χ0) is 8.32. The molecule has 1 unspecified atom stereocenters. The average Bonchev–Trinajstić information content (AvgIpc) is 2.55. The number of rotatable bonds is 3. The fourth-order valence-electron chi connectivity index (χ4n) is 0.831. The van der Waals surface area contributed by atoms with Crippen molar-refractivity contribution in [2.45, 2.75) is 12.3 Å². The topological polar surface area (TPSA) is 74.9 Å². The zero-order valence-corrected chi connectivity index (χ0v) is 6.54. The fourth-order valence-corrected chi connectivity index (χ4v) is 0.831. The van der Waals surface area contributed by atoms with Crippen molar-refractivity contribution in [1.82, 2.24) is 9.97 Å². The van der Waals surface area contributed by atoms with Crippen molar-refractivity contribution in [1.29, 1.82) is 0 Å². The summed E-state index contributed by atoms with van der Waals surface area (Å²) in [6, 6.07) is 0. The summed E-state index contributed by atoms with van der Waals surface area (Å²) in [4.78, 5) is 6.96. The van der Waals surface area contributed by atoms with Crippen LogP contribution in [0.5, 0.6) is 0 Å². The lowest BCUT2D eigenvalue weighted by Gasteiger charge is -2.22. The van der Waals surface area contributed by atoms with E-state index in [1.54, 1.807) is 12.4 Å². The molecule has 4 N–H and O–H groups in total. The number of nitrogens with zero attached hydrogens (tertiary/aromatic N) is 1. The minimum absolute atomic E-state index is 0.0109. The highest BCUT2D eigenvalue weighted by atomic mass is 16.3. The van der Waals surface area contributed by atoms with E-state index in [1.807, 2.05) is 6.92 Å².